The molecule has 1 aromatic carbocycles. The second kappa shape index (κ2) is 5.92. The molecule has 1 aromatic heterocycles. The summed E-state index contributed by atoms with van der Waals surface area (Å²) < 4.78 is 1.82. The zero-order chi connectivity index (χ0) is 14.8. The molecule has 0 amide bonds. The molecule has 112 valence electrons. The predicted molar refractivity (Wildman–Crippen MR) is 88.1 cm³/mol. The molecule has 1 aliphatic carbocycles. The summed E-state index contributed by atoms with van der Waals surface area (Å²) in [6.45, 7) is 2.12. The van der Waals surface area contributed by atoms with E-state index in [1.54, 1.807) is 0 Å². The molecule has 1 aliphatic rings. The van der Waals surface area contributed by atoms with Crippen molar-refractivity contribution in [3.63, 3.8) is 0 Å². The van der Waals surface area contributed by atoms with Crippen molar-refractivity contribution in [2.45, 2.75) is 45.4 Å². The van der Waals surface area contributed by atoms with Gasteiger partial charge in [0.2, 0.25) is 0 Å². The first kappa shape index (κ1) is 14.2. The van der Waals surface area contributed by atoms with E-state index in [0.29, 0.717) is 0 Å². The van der Waals surface area contributed by atoms with Crippen LogP contribution in [-0.4, -0.2) is 9.78 Å². The summed E-state index contributed by atoms with van der Waals surface area (Å²) in [6.07, 6.45) is 7.87. The van der Waals surface area contributed by atoms with E-state index in [9.17, 15) is 0 Å². The molecule has 3 nitrogen and oxygen atoms in total. The normalized spacial score (nSPS) is 15.7. The molecule has 0 saturated heterocycles. The number of nitrogens with two attached hydrogens (primary N) is 1. The molecule has 0 aliphatic heterocycles. The van der Waals surface area contributed by atoms with Crippen molar-refractivity contribution in [3.05, 3.63) is 35.5 Å². The molecule has 3 heteroatoms. The Morgan fingerprint density at radius 2 is 2.05 bits per heavy atom. The van der Waals surface area contributed by atoms with Crippen molar-refractivity contribution in [3.8, 4) is 11.1 Å². The average molecular weight is 283 g/mol. The van der Waals surface area contributed by atoms with Crippen LogP contribution < -0.4 is 5.73 Å². The number of nitrogens with zero attached hydrogens (tertiary/aromatic N) is 2. The first-order chi connectivity index (χ1) is 10.1. The molecule has 0 radical (unpaired) electrons. The van der Waals surface area contributed by atoms with Crippen LogP contribution in [0.4, 0.5) is 5.82 Å². The van der Waals surface area contributed by atoms with Gasteiger partial charge in [-0.25, -0.2) is 0 Å². The minimum Gasteiger partial charge on any atom is -0.383 e. The quantitative estimate of drug-likeness (QED) is 0.918. The predicted octanol–water partition coefficient (Wildman–Crippen LogP) is 4.10. The van der Waals surface area contributed by atoms with E-state index >= 15 is 0 Å². The molecule has 0 unspecified atom stereocenters. The second-order valence-electron chi connectivity index (χ2n) is 6.39. The van der Waals surface area contributed by atoms with Crippen molar-refractivity contribution in [1.82, 2.24) is 9.78 Å². The van der Waals surface area contributed by atoms with Crippen LogP contribution in [0.2, 0.25) is 0 Å². The van der Waals surface area contributed by atoms with E-state index in [1.165, 1.54) is 43.2 Å². The van der Waals surface area contributed by atoms with Crippen molar-refractivity contribution < 1.29 is 0 Å². The van der Waals surface area contributed by atoms with E-state index in [2.05, 4.69) is 36.3 Å². The number of nitrogen functional groups attached to an aromatic ring is 1. The maximum absolute atomic E-state index is 6.27. The van der Waals surface area contributed by atoms with Crippen LogP contribution in [0.25, 0.3) is 11.1 Å². The summed E-state index contributed by atoms with van der Waals surface area (Å²) in [5, 5.41) is 4.67. The summed E-state index contributed by atoms with van der Waals surface area (Å²) in [7, 11) is 1.94. The lowest BCUT2D eigenvalue weighted by molar-refractivity contribution is 0.499. The Balaban J connectivity index is 1.88. The average Bonchev–Trinajstić information content (AvgIpc) is 3.06. The fraction of sp³-hybridized carbons (Fsp3) is 0.500. The van der Waals surface area contributed by atoms with Crippen molar-refractivity contribution in [2.75, 3.05) is 5.73 Å². The Hall–Kier alpha value is -1.77. The van der Waals surface area contributed by atoms with Gasteiger partial charge in [0.25, 0.3) is 0 Å². The summed E-state index contributed by atoms with van der Waals surface area (Å²) >= 11 is 0. The van der Waals surface area contributed by atoms with Crippen LogP contribution in [-0.2, 0) is 13.5 Å². The minimum atomic E-state index is 0.780. The molecular weight excluding hydrogens is 258 g/mol. The Morgan fingerprint density at radius 1 is 1.29 bits per heavy atom. The lowest BCUT2D eigenvalue weighted by Crippen LogP contribution is -1.99. The van der Waals surface area contributed by atoms with Crippen LogP contribution in [0.15, 0.2) is 24.3 Å². The van der Waals surface area contributed by atoms with Crippen LogP contribution in [0.1, 0.15) is 43.4 Å². The summed E-state index contributed by atoms with van der Waals surface area (Å²) in [5.74, 6) is 1.67. The van der Waals surface area contributed by atoms with Gasteiger partial charge in [-0.2, -0.15) is 5.10 Å². The maximum Gasteiger partial charge on any atom is 0.129 e. The van der Waals surface area contributed by atoms with Gasteiger partial charge in [0, 0.05) is 12.6 Å². The highest BCUT2D eigenvalue weighted by atomic mass is 15.3. The second-order valence-corrected chi connectivity index (χ2v) is 6.39. The minimum absolute atomic E-state index is 0.780. The lowest BCUT2D eigenvalue weighted by Gasteiger charge is -2.09. The van der Waals surface area contributed by atoms with Crippen LogP contribution in [0.5, 0.6) is 0 Å². The number of rotatable bonds is 4. The molecule has 0 bridgehead atoms. The molecule has 21 heavy (non-hydrogen) atoms. The number of aromatic nitrogens is 2. The number of anilines is 1. The van der Waals surface area contributed by atoms with Crippen LogP contribution >= 0.6 is 0 Å². The molecule has 0 atom stereocenters. The van der Waals surface area contributed by atoms with E-state index in [1.807, 2.05) is 11.7 Å². The monoisotopic (exact) mass is 283 g/mol. The third-order valence-electron chi connectivity index (χ3n) is 4.73. The molecule has 3 rings (SSSR count). The third kappa shape index (κ3) is 2.97. The van der Waals surface area contributed by atoms with Gasteiger partial charge >= 0.3 is 0 Å². The Bertz CT molecular complexity index is 621. The zero-order valence-corrected chi connectivity index (χ0v) is 13.1. The van der Waals surface area contributed by atoms with Crippen molar-refractivity contribution in [1.29, 1.82) is 0 Å². The Kier molecular flexibility index (Phi) is 4.00. The van der Waals surface area contributed by atoms with E-state index in [-0.39, 0.29) is 0 Å². The number of aryl methyl sites for hydroxylation is 3. The van der Waals surface area contributed by atoms with E-state index < -0.39 is 0 Å². The number of hydrogen-bond donors (Lipinski definition) is 1. The maximum atomic E-state index is 6.27. The Labute approximate surface area is 127 Å². The highest BCUT2D eigenvalue weighted by Crippen LogP contribution is 2.33. The highest BCUT2D eigenvalue weighted by Gasteiger charge is 2.19. The van der Waals surface area contributed by atoms with E-state index in [0.717, 1.165) is 29.4 Å². The van der Waals surface area contributed by atoms with Gasteiger partial charge in [0.1, 0.15) is 5.82 Å². The Morgan fingerprint density at radius 3 is 2.76 bits per heavy atom. The van der Waals surface area contributed by atoms with Gasteiger partial charge in [-0.3, -0.25) is 4.68 Å². The topological polar surface area (TPSA) is 43.8 Å². The van der Waals surface area contributed by atoms with Gasteiger partial charge in [-0.15, -0.1) is 0 Å². The first-order valence-electron chi connectivity index (χ1n) is 8.03. The van der Waals surface area contributed by atoms with Crippen molar-refractivity contribution in [2.24, 2.45) is 13.0 Å². The van der Waals surface area contributed by atoms with Crippen LogP contribution in [0.3, 0.4) is 0 Å². The molecule has 2 N–H and O–H groups in total. The van der Waals surface area contributed by atoms with Gasteiger partial charge in [0.15, 0.2) is 0 Å². The SMILES string of the molecule is Cc1cccc(-c2c(CCC3CCCC3)nn(C)c2N)c1. The molecule has 1 fully saturated rings. The largest absolute Gasteiger partial charge is 0.383 e. The third-order valence-corrected chi connectivity index (χ3v) is 4.73. The fourth-order valence-electron chi connectivity index (χ4n) is 3.52. The summed E-state index contributed by atoms with van der Waals surface area (Å²) in [5.41, 5.74) is 11.0. The van der Waals surface area contributed by atoms with Crippen LogP contribution in [0, 0.1) is 12.8 Å². The molecule has 2 aromatic rings. The molecule has 1 saturated carbocycles. The first-order valence-corrected chi connectivity index (χ1v) is 8.03. The summed E-state index contributed by atoms with van der Waals surface area (Å²) in [4.78, 5) is 0. The number of hydrogen-bond acceptors (Lipinski definition) is 2. The van der Waals surface area contributed by atoms with Gasteiger partial charge in [0.05, 0.1) is 5.69 Å². The highest BCUT2D eigenvalue weighted by molar-refractivity contribution is 5.77. The zero-order valence-electron chi connectivity index (χ0n) is 13.1. The molecular formula is C18H25N3. The van der Waals surface area contributed by atoms with Gasteiger partial charge in [-0.05, 0) is 31.2 Å². The molecule has 1 heterocycles. The smallest absolute Gasteiger partial charge is 0.129 e. The van der Waals surface area contributed by atoms with Gasteiger partial charge in [-0.1, -0.05) is 55.5 Å². The van der Waals surface area contributed by atoms with E-state index in [4.69, 9.17) is 5.73 Å². The number of benzene rings is 1. The fourth-order valence-corrected chi connectivity index (χ4v) is 3.52. The van der Waals surface area contributed by atoms with Gasteiger partial charge < -0.3 is 5.73 Å². The summed E-state index contributed by atoms with van der Waals surface area (Å²) in [6, 6.07) is 8.55. The standard InChI is InChI=1S/C18H25N3/c1-13-6-5-9-15(12-13)17-16(20-21(2)18(17)19)11-10-14-7-3-4-8-14/h5-6,9,12,14H,3-4,7-8,10-11,19H2,1-2H3. The lowest BCUT2D eigenvalue weighted by atomic mass is 9.96. The van der Waals surface area contributed by atoms with Crippen molar-refractivity contribution >= 4 is 5.82 Å². The molecule has 0 spiro atoms.